The molecule has 0 saturated carbocycles. The van der Waals surface area contributed by atoms with E-state index in [4.69, 9.17) is 5.73 Å². The topological polar surface area (TPSA) is 60.0 Å². The zero-order chi connectivity index (χ0) is 14.8. The smallest absolute Gasteiger partial charge is 0.244 e. The molecule has 3 rings (SSSR count). The number of para-hydroxylation sites is 3. The van der Waals surface area contributed by atoms with Crippen LogP contribution < -0.4 is 11.1 Å². The number of anilines is 2. The van der Waals surface area contributed by atoms with E-state index in [1.165, 1.54) is 0 Å². The number of aromatic nitrogens is 1. The van der Waals surface area contributed by atoms with E-state index in [9.17, 15) is 4.79 Å². The van der Waals surface area contributed by atoms with Gasteiger partial charge in [0.05, 0.1) is 11.4 Å². The number of nitrogens with zero attached hydrogens (tertiary/aromatic N) is 1. The maximum atomic E-state index is 12.2. The molecule has 1 amide bonds. The van der Waals surface area contributed by atoms with Crippen LogP contribution in [0, 0.1) is 0 Å². The third kappa shape index (κ3) is 2.78. The summed E-state index contributed by atoms with van der Waals surface area (Å²) in [6, 6.07) is 15.2. The fraction of sp³-hybridized carbons (Fsp3) is 0.0625. The molecule has 1 heterocycles. The highest BCUT2D eigenvalue weighted by Crippen LogP contribution is 2.26. The van der Waals surface area contributed by atoms with Gasteiger partial charge in [-0.1, -0.05) is 30.3 Å². The summed E-state index contributed by atoms with van der Waals surface area (Å²) in [5.41, 5.74) is 8.04. The van der Waals surface area contributed by atoms with Crippen LogP contribution in [0.1, 0.15) is 0 Å². The molecule has 21 heavy (non-hydrogen) atoms. The molecule has 0 saturated heterocycles. The predicted molar refractivity (Wildman–Crippen MR) is 89.1 cm³/mol. The predicted octanol–water partition coefficient (Wildman–Crippen LogP) is 3.62. The summed E-state index contributed by atoms with van der Waals surface area (Å²) in [4.78, 5) is 12.2. The summed E-state index contributed by atoms with van der Waals surface area (Å²) in [6.45, 7) is 0.237. The van der Waals surface area contributed by atoms with Crippen LogP contribution in [-0.2, 0) is 11.3 Å². The maximum absolute atomic E-state index is 12.2. The molecule has 0 unspecified atom stereocenters. The van der Waals surface area contributed by atoms with Crippen molar-refractivity contribution in [2.24, 2.45) is 0 Å². The van der Waals surface area contributed by atoms with E-state index >= 15 is 0 Å². The molecule has 0 aliphatic heterocycles. The van der Waals surface area contributed by atoms with Gasteiger partial charge in [-0.15, -0.1) is 0 Å². The lowest BCUT2D eigenvalue weighted by molar-refractivity contribution is -0.116. The Morgan fingerprint density at radius 3 is 2.67 bits per heavy atom. The van der Waals surface area contributed by atoms with Crippen molar-refractivity contribution in [3.8, 4) is 0 Å². The van der Waals surface area contributed by atoms with Gasteiger partial charge in [-0.3, -0.25) is 4.79 Å². The van der Waals surface area contributed by atoms with Crippen LogP contribution in [0.2, 0.25) is 0 Å². The van der Waals surface area contributed by atoms with Crippen molar-refractivity contribution in [2.75, 3.05) is 11.1 Å². The third-order valence-corrected chi connectivity index (χ3v) is 3.92. The van der Waals surface area contributed by atoms with E-state index in [0.29, 0.717) is 11.4 Å². The van der Waals surface area contributed by atoms with Crippen LogP contribution >= 0.6 is 15.9 Å². The normalized spacial score (nSPS) is 10.7. The molecular formula is C16H14BrN3O. The molecule has 0 fully saturated rings. The summed E-state index contributed by atoms with van der Waals surface area (Å²) in [7, 11) is 0. The number of halogens is 1. The minimum atomic E-state index is -0.110. The number of fused-ring (bicyclic) bond motifs is 1. The molecule has 0 aliphatic rings. The average molecular weight is 344 g/mol. The Labute approximate surface area is 130 Å². The molecule has 1 aromatic heterocycles. The number of carbonyl (C=O) groups is 1. The first-order valence-corrected chi connectivity index (χ1v) is 7.32. The number of nitrogens with two attached hydrogens (primary N) is 1. The van der Waals surface area contributed by atoms with E-state index in [0.717, 1.165) is 15.4 Å². The number of hydrogen-bond donors (Lipinski definition) is 2. The van der Waals surface area contributed by atoms with E-state index in [2.05, 4.69) is 21.2 Å². The summed E-state index contributed by atoms with van der Waals surface area (Å²) in [5, 5.41) is 3.92. The lowest BCUT2D eigenvalue weighted by Gasteiger charge is -2.09. The summed E-state index contributed by atoms with van der Waals surface area (Å²) >= 11 is 3.51. The van der Waals surface area contributed by atoms with Crippen LogP contribution in [-0.4, -0.2) is 10.5 Å². The number of benzene rings is 2. The molecule has 106 valence electrons. The van der Waals surface area contributed by atoms with Gasteiger partial charge in [-0.2, -0.15) is 0 Å². The summed E-state index contributed by atoms with van der Waals surface area (Å²) in [5.74, 6) is -0.110. The molecule has 0 spiro atoms. The Balaban J connectivity index is 1.82. The fourth-order valence-electron chi connectivity index (χ4n) is 2.29. The Hall–Kier alpha value is -2.27. The minimum absolute atomic E-state index is 0.110. The van der Waals surface area contributed by atoms with Gasteiger partial charge in [0.1, 0.15) is 6.54 Å². The van der Waals surface area contributed by atoms with Crippen molar-refractivity contribution < 1.29 is 4.79 Å². The van der Waals surface area contributed by atoms with E-state index < -0.39 is 0 Å². The molecule has 0 aliphatic carbocycles. The zero-order valence-electron chi connectivity index (χ0n) is 11.2. The second kappa shape index (κ2) is 5.61. The summed E-state index contributed by atoms with van der Waals surface area (Å²) < 4.78 is 2.89. The van der Waals surface area contributed by atoms with Crippen LogP contribution in [0.5, 0.6) is 0 Å². The molecular weight excluding hydrogens is 330 g/mol. The number of nitrogens with one attached hydrogen (secondary N) is 1. The van der Waals surface area contributed by atoms with Gasteiger partial charge in [-0.25, -0.2) is 0 Å². The van der Waals surface area contributed by atoms with E-state index in [1.807, 2.05) is 47.2 Å². The van der Waals surface area contributed by atoms with Crippen LogP contribution in [0.3, 0.4) is 0 Å². The molecule has 0 bridgehead atoms. The summed E-state index contributed by atoms with van der Waals surface area (Å²) in [6.07, 6.45) is 1.92. The first-order valence-electron chi connectivity index (χ1n) is 6.53. The van der Waals surface area contributed by atoms with E-state index in [1.54, 1.807) is 12.1 Å². The lowest BCUT2D eigenvalue weighted by atomic mass is 10.2. The Morgan fingerprint density at radius 1 is 1.14 bits per heavy atom. The highest BCUT2D eigenvalue weighted by molar-refractivity contribution is 9.10. The number of hydrogen-bond acceptors (Lipinski definition) is 2. The lowest BCUT2D eigenvalue weighted by Crippen LogP contribution is -2.18. The molecule has 2 aromatic carbocycles. The van der Waals surface area contributed by atoms with Gasteiger partial charge in [0.25, 0.3) is 0 Å². The Bertz CT molecular complexity index is 810. The second-order valence-corrected chi connectivity index (χ2v) is 5.61. The molecule has 4 nitrogen and oxygen atoms in total. The standard InChI is InChI=1S/C16H14BrN3O/c17-12-9-20(15-8-4-1-5-11(12)15)10-16(21)19-14-7-3-2-6-13(14)18/h1-9H,10,18H2,(H,19,21). The Kier molecular flexibility index (Phi) is 3.66. The van der Waals surface area contributed by atoms with Gasteiger partial charge in [0, 0.05) is 21.6 Å². The molecule has 3 N–H and O–H groups in total. The molecule has 0 atom stereocenters. The quantitative estimate of drug-likeness (QED) is 0.713. The number of nitrogen functional groups attached to an aromatic ring is 1. The highest BCUT2D eigenvalue weighted by atomic mass is 79.9. The zero-order valence-corrected chi connectivity index (χ0v) is 12.8. The van der Waals surface area contributed by atoms with Crippen molar-refractivity contribution in [3.63, 3.8) is 0 Å². The second-order valence-electron chi connectivity index (χ2n) is 4.76. The monoisotopic (exact) mass is 343 g/mol. The van der Waals surface area contributed by atoms with Crippen molar-refractivity contribution in [1.29, 1.82) is 0 Å². The van der Waals surface area contributed by atoms with Gasteiger partial charge >= 0.3 is 0 Å². The fourth-order valence-corrected chi connectivity index (χ4v) is 2.87. The average Bonchev–Trinajstić information content (AvgIpc) is 2.79. The molecule has 0 radical (unpaired) electrons. The SMILES string of the molecule is Nc1ccccc1NC(=O)Cn1cc(Br)c2ccccc21. The third-order valence-electron chi connectivity index (χ3n) is 3.29. The first-order chi connectivity index (χ1) is 10.1. The highest BCUT2D eigenvalue weighted by Gasteiger charge is 2.10. The van der Waals surface area contributed by atoms with Crippen LogP contribution in [0.15, 0.2) is 59.2 Å². The van der Waals surface area contributed by atoms with Gasteiger partial charge in [0.2, 0.25) is 5.91 Å². The van der Waals surface area contributed by atoms with Crippen molar-refractivity contribution in [3.05, 3.63) is 59.2 Å². The van der Waals surface area contributed by atoms with Gasteiger partial charge in [-0.05, 0) is 34.1 Å². The first kappa shape index (κ1) is 13.7. The minimum Gasteiger partial charge on any atom is -0.397 e. The number of amides is 1. The largest absolute Gasteiger partial charge is 0.397 e. The van der Waals surface area contributed by atoms with Crippen LogP contribution in [0.25, 0.3) is 10.9 Å². The van der Waals surface area contributed by atoms with Crippen molar-refractivity contribution >= 4 is 44.1 Å². The van der Waals surface area contributed by atoms with Crippen LogP contribution in [0.4, 0.5) is 11.4 Å². The molecule has 5 heteroatoms. The van der Waals surface area contributed by atoms with Crippen molar-refractivity contribution in [2.45, 2.75) is 6.54 Å². The van der Waals surface area contributed by atoms with Gasteiger partial charge < -0.3 is 15.6 Å². The number of rotatable bonds is 3. The number of carbonyl (C=O) groups excluding carboxylic acids is 1. The van der Waals surface area contributed by atoms with E-state index in [-0.39, 0.29) is 12.5 Å². The molecule has 3 aromatic rings. The Morgan fingerprint density at radius 2 is 1.86 bits per heavy atom. The van der Waals surface area contributed by atoms with Gasteiger partial charge in [0.15, 0.2) is 0 Å². The van der Waals surface area contributed by atoms with Crippen molar-refractivity contribution in [1.82, 2.24) is 4.57 Å². The maximum Gasteiger partial charge on any atom is 0.244 e.